The Bertz CT molecular complexity index is 1070. The quantitative estimate of drug-likeness (QED) is 0.455. The molecular formula is C22H26FN5O4. The van der Waals surface area contributed by atoms with E-state index >= 15 is 0 Å². The van der Waals surface area contributed by atoms with Crippen LogP contribution >= 0.6 is 0 Å². The third kappa shape index (κ3) is 3.73. The van der Waals surface area contributed by atoms with Gasteiger partial charge < -0.3 is 25.4 Å². The molecule has 10 heteroatoms. The Morgan fingerprint density at radius 1 is 1.19 bits per heavy atom. The number of nitrogens with one attached hydrogen (secondary N) is 1. The standard InChI is InChI=1S/C22H26FN5O4/c23-15-18(31)14(10-29)32-22(15)28-11-24-16-19(25-13-8-4-5-9-13)26-20(27-21(16)28)17(30)12-6-2-1-3-7-12/h1-3,6-7,11,13-15,17-18,22,29-31H,4-5,8-10H2,(H,25,26,27)/t14-,15+,17?,18-,22-/m1/s1. The van der Waals surface area contributed by atoms with Crippen LogP contribution in [0.1, 0.15) is 49.4 Å². The van der Waals surface area contributed by atoms with Crippen LogP contribution in [0.3, 0.4) is 0 Å². The van der Waals surface area contributed by atoms with Gasteiger partial charge >= 0.3 is 0 Å². The molecule has 1 aliphatic carbocycles. The van der Waals surface area contributed by atoms with E-state index in [2.05, 4.69) is 20.3 Å². The van der Waals surface area contributed by atoms with Gasteiger partial charge in [-0.15, -0.1) is 0 Å². The average molecular weight is 443 g/mol. The molecular weight excluding hydrogens is 417 g/mol. The van der Waals surface area contributed by atoms with Crippen LogP contribution < -0.4 is 5.32 Å². The number of aliphatic hydroxyl groups excluding tert-OH is 3. The zero-order chi connectivity index (χ0) is 22.2. The Kier molecular flexibility index (Phi) is 5.76. The highest BCUT2D eigenvalue weighted by molar-refractivity contribution is 5.83. The number of anilines is 1. The van der Waals surface area contributed by atoms with Crippen molar-refractivity contribution in [3.05, 3.63) is 48.0 Å². The second kappa shape index (κ2) is 8.70. The normalized spacial score (nSPS) is 27.2. The first kappa shape index (κ1) is 21.2. The maximum atomic E-state index is 14.8. The lowest BCUT2D eigenvalue weighted by molar-refractivity contribution is -0.0459. The number of halogens is 1. The van der Waals surface area contributed by atoms with Crippen molar-refractivity contribution in [3.63, 3.8) is 0 Å². The summed E-state index contributed by atoms with van der Waals surface area (Å²) in [7, 11) is 0. The number of aliphatic hydroxyl groups is 3. The Hall–Kier alpha value is -2.66. The van der Waals surface area contributed by atoms with Gasteiger partial charge in [0.25, 0.3) is 0 Å². The molecule has 2 aliphatic rings. The van der Waals surface area contributed by atoms with Gasteiger partial charge in [0.05, 0.1) is 12.9 Å². The summed E-state index contributed by atoms with van der Waals surface area (Å²) in [5, 5.41) is 33.8. The molecule has 4 N–H and O–H groups in total. The Labute approximate surface area is 183 Å². The van der Waals surface area contributed by atoms with E-state index in [4.69, 9.17) is 4.74 Å². The third-order valence-corrected chi connectivity index (χ3v) is 6.24. The smallest absolute Gasteiger partial charge is 0.173 e. The van der Waals surface area contributed by atoms with Crippen LogP contribution in [0, 0.1) is 0 Å². The molecule has 1 aromatic carbocycles. The van der Waals surface area contributed by atoms with Gasteiger partial charge in [-0.25, -0.2) is 19.3 Å². The molecule has 5 rings (SSSR count). The number of aromatic nitrogens is 4. The zero-order valence-electron chi connectivity index (χ0n) is 17.4. The molecule has 1 unspecified atom stereocenters. The summed E-state index contributed by atoms with van der Waals surface area (Å²) in [6.07, 6.45) is -0.918. The molecule has 5 atom stereocenters. The van der Waals surface area contributed by atoms with E-state index < -0.39 is 37.3 Å². The number of hydrogen-bond donors (Lipinski definition) is 4. The molecule has 3 heterocycles. The number of ether oxygens (including phenoxy) is 1. The molecule has 9 nitrogen and oxygen atoms in total. The zero-order valence-corrected chi connectivity index (χ0v) is 17.4. The minimum atomic E-state index is -1.77. The van der Waals surface area contributed by atoms with Crippen LogP contribution in [0.25, 0.3) is 11.2 Å². The summed E-state index contributed by atoms with van der Waals surface area (Å²) >= 11 is 0. The van der Waals surface area contributed by atoms with Crippen LogP contribution in [-0.4, -0.2) is 65.9 Å². The van der Waals surface area contributed by atoms with Crippen molar-refractivity contribution < 1.29 is 24.4 Å². The van der Waals surface area contributed by atoms with Crippen molar-refractivity contribution in [3.8, 4) is 0 Å². The Morgan fingerprint density at radius 2 is 1.94 bits per heavy atom. The van der Waals surface area contributed by atoms with Crippen molar-refractivity contribution in [2.24, 2.45) is 0 Å². The number of imidazole rings is 1. The highest BCUT2D eigenvalue weighted by Crippen LogP contribution is 2.35. The Morgan fingerprint density at radius 3 is 2.62 bits per heavy atom. The van der Waals surface area contributed by atoms with E-state index in [0.717, 1.165) is 25.7 Å². The van der Waals surface area contributed by atoms with Crippen LogP contribution in [0.4, 0.5) is 10.2 Å². The van der Waals surface area contributed by atoms with E-state index in [0.29, 0.717) is 16.9 Å². The van der Waals surface area contributed by atoms with Gasteiger partial charge in [0.1, 0.15) is 18.3 Å². The summed E-state index contributed by atoms with van der Waals surface area (Å²) < 4.78 is 21.8. The molecule has 1 saturated heterocycles. The fourth-order valence-electron chi connectivity index (χ4n) is 4.47. The number of fused-ring (bicyclic) bond motifs is 1. The van der Waals surface area contributed by atoms with Gasteiger partial charge in [-0.1, -0.05) is 43.2 Å². The molecule has 2 fully saturated rings. The largest absolute Gasteiger partial charge is 0.394 e. The maximum absolute atomic E-state index is 14.8. The van der Waals surface area contributed by atoms with E-state index in [9.17, 15) is 19.7 Å². The van der Waals surface area contributed by atoms with Crippen molar-refractivity contribution in [2.45, 2.75) is 62.4 Å². The van der Waals surface area contributed by atoms with Crippen LogP contribution in [0.5, 0.6) is 0 Å². The van der Waals surface area contributed by atoms with Crippen molar-refractivity contribution in [2.75, 3.05) is 11.9 Å². The first-order valence-electron chi connectivity index (χ1n) is 10.9. The molecule has 3 aromatic rings. The van der Waals surface area contributed by atoms with Crippen LogP contribution in [0.2, 0.25) is 0 Å². The monoisotopic (exact) mass is 443 g/mol. The van der Waals surface area contributed by atoms with E-state index in [1.165, 1.54) is 10.9 Å². The average Bonchev–Trinajstić information content (AvgIpc) is 3.54. The number of nitrogens with zero attached hydrogens (tertiary/aromatic N) is 4. The number of benzene rings is 1. The van der Waals surface area contributed by atoms with E-state index in [1.54, 1.807) is 12.1 Å². The fraction of sp³-hybridized carbons (Fsp3) is 0.500. The highest BCUT2D eigenvalue weighted by atomic mass is 19.1. The van der Waals surface area contributed by atoms with Crippen molar-refractivity contribution >= 4 is 17.0 Å². The van der Waals surface area contributed by atoms with Gasteiger partial charge in [-0.3, -0.25) is 4.57 Å². The predicted molar refractivity (Wildman–Crippen MR) is 114 cm³/mol. The minimum Gasteiger partial charge on any atom is -0.394 e. The van der Waals surface area contributed by atoms with Gasteiger partial charge in [-0.05, 0) is 18.4 Å². The summed E-state index contributed by atoms with van der Waals surface area (Å²) in [5.41, 5.74) is 1.34. The first-order chi connectivity index (χ1) is 15.6. The molecule has 1 aliphatic heterocycles. The summed E-state index contributed by atoms with van der Waals surface area (Å²) in [5.74, 6) is 0.622. The van der Waals surface area contributed by atoms with E-state index in [1.807, 2.05) is 18.2 Å². The molecule has 2 aromatic heterocycles. The van der Waals surface area contributed by atoms with Gasteiger partial charge in [0.2, 0.25) is 0 Å². The second-order valence-corrected chi connectivity index (χ2v) is 8.38. The molecule has 0 bridgehead atoms. The lowest BCUT2D eigenvalue weighted by Gasteiger charge is -2.18. The lowest BCUT2D eigenvalue weighted by Crippen LogP contribution is -2.30. The van der Waals surface area contributed by atoms with Gasteiger partial charge in [-0.2, -0.15) is 0 Å². The fourth-order valence-corrected chi connectivity index (χ4v) is 4.47. The second-order valence-electron chi connectivity index (χ2n) is 8.38. The van der Waals surface area contributed by atoms with Crippen LogP contribution in [-0.2, 0) is 4.74 Å². The lowest BCUT2D eigenvalue weighted by atomic mass is 10.1. The summed E-state index contributed by atoms with van der Waals surface area (Å²) in [4.78, 5) is 13.5. The van der Waals surface area contributed by atoms with Crippen LogP contribution in [0.15, 0.2) is 36.7 Å². The first-order valence-corrected chi connectivity index (χ1v) is 10.9. The maximum Gasteiger partial charge on any atom is 0.173 e. The number of alkyl halides is 1. The summed E-state index contributed by atoms with van der Waals surface area (Å²) in [6.45, 7) is -0.508. The van der Waals surface area contributed by atoms with Crippen molar-refractivity contribution in [1.29, 1.82) is 0 Å². The SMILES string of the molecule is OC[C@H]1O[C@@H](n2cnc3c(NC4CCCC4)nc(C(O)c4ccccc4)nc32)[C@@H](F)[C@@H]1O. The Balaban J connectivity index is 1.59. The molecule has 0 radical (unpaired) electrons. The van der Waals surface area contributed by atoms with Crippen molar-refractivity contribution in [1.82, 2.24) is 19.5 Å². The van der Waals surface area contributed by atoms with Gasteiger partial charge in [0.15, 0.2) is 35.2 Å². The third-order valence-electron chi connectivity index (χ3n) is 6.24. The number of rotatable bonds is 6. The minimum absolute atomic E-state index is 0.151. The molecule has 0 spiro atoms. The highest BCUT2D eigenvalue weighted by Gasteiger charge is 2.45. The molecule has 170 valence electrons. The predicted octanol–water partition coefficient (Wildman–Crippen LogP) is 1.85. The summed E-state index contributed by atoms with van der Waals surface area (Å²) in [6, 6.07) is 9.27. The molecule has 0 amide bonds. The van der Waals surface area contributed by atoms with E-state index in [-0.39, 0.29) is 17.5 Å². The molecule has 32 heavy (non-hydrogen) atoms. The molecule has 1 saturated carbocycles. The topological polar surface area (TPSA) is 126 Å². The number of hydrogen-bond acceptors (Lipinski definition) is 8. The van der Waals surface area contributed by atoms with Gasteiger partial charge in [0, 0.05) is 6.04 Å².